The minimum atomic E-state index is -0.895. The first kappa shape index (κ1) is 12.4. The molecule has 0 bridgehead atoms. The van der Waals surface area contributed by atoms with Crippen LogP contribution in [0.25, 0.3) is 0 Å². The zero-order valence-corrected chi connectivity index (χ0v) is 9.09. The smallest absolute Gasteiger partial charge is 0.130 e. The summed E-state index contributed by atoms with van der Waals surface area (Å²) < 4.78 is 18.3. The van der Waals surface area contributed by atoms with E-state index in [0.717, 1.165) is 0 Å². The summed E-state index contributed by atoms with van der Waals surface area (Å²) in [6.07, 6.45) is -0.895. The number of hydrogen-bond acceptors (Lipinski definition) is 3. The van der Waals surface area contributed by atoms with E-state index < -0.39 is 11.9 Å². The van der Waals surface area contributed by atoms with Gasteiger partial charge < -0.3 is 15.6 Å². The Balaban J connectivity index is 3.07. The third-order valence-electron chi connectivity index (χ3n) is 2.06. The van der Waals surface area contributed by atoms with Crippen molar-refractivity contribution in [2.45, 2.75) is 12.7 Å². The molecule has 84 valence electrons. The highest BCUT2D eigenvalue weighted by atomic mass is 35.5. The molecule has 1 rings (SSSR count). The second-order valence-corrected chi connectivity index (χ2v) is 3.55. The summed E-state index contributed by atoms with van der Waals surface area (Å²) in [7, 11) is 1.46. The lowest BCUT2D eigenvalue weighted by atomic mass is 10.1. The first-order chi connectivity index (χ1) is 7.10. The number of aliphatic hydroxyl groups excluding tert-OH is 1. The Hall–Kier alpha value is -0.680. The number of aliphatic hydroxyl groups is 1. The zero-order chi connectivity index (χ0) is 11.4. The van der Waals surface area contributed by atoms with Gasteiger partial charge in [0.25, 0.3) is 0 Å². The average Bonchev–Trinajstić information content (AvgIpc) is 2.22. The highest BCUT2D eigenvalue weighted by Gasteiger charge is 2.13. The molecule has 0 aliphatic heterocycles. The zero-order valence-electron chi connectivity index (χ0n) is 8.34. The van der Waals surface area contributed by atoms with E-state index in [0.29, 0.717) is 5.56 Å². The van der Waals surface area contributed by atoms with Crippen molar-refractivity contribution in [2.24, 2.45) is 5.73 Å². The summed E-state index contributed by atoms with van der Waals surface area (Å²) in [6, 6.07) is 2.72. The number of benzene rings is 1. The predicted octanol–water partition coefficient (Wildman–Crippen LogP) is 1.62. The Morgan fingerprint density at radius 3 is 2.73 bits per heavy atom. The SMILES string of the molecule is COCc1c(F)cc(C(O)CN)cc1Cl. The summed E-state index contributed by atoms with van der Waals surface area (Å²) in [6.45, 7) is 0.128. The quantitative estimate of drug-likeness (QED) is 0.831. The first-order valence-electron chi connectivity index (χ1n) is 4.45. The van der Waals surface area contributed by atoms with Crippen LogP contribution < -0.4 is 5.73 Å². The molecule has 15 heavy (non-hydrogen) atoms. The molecule has 1 unspecified atom stereocenters. The third kappa shape index (κ3) is 2.89. The molecule has 0 saturated carbocycles. The number of ether oxygens (including phenoxy) is 1. The van der Waals surface area contributed by atoms with Gasteiger partial charge in [-0.25, -0.2) is 4.39 Å². The monoisotopic (exact) mass is 233 g/mol. The number of halogens is 2. The number of hydrogen-bond donors (Lipinski definition) is 2. The molecule has 1 aromatic rings. The van der Waals surface area contributed by atoms with Crippen LogP contribution in [-0.2, 0) is 11.3 Å². The Morgan fingerprint density at radius 1 is 1.60 bits per heavy atom. The lowest BCUT2D eigenvalue weighted by molar-refractivity contribution is 0.179. The lowest BCUT2D eigenvalue weighted by Crippen LogP contribution is -2.12. The van der Waals surface area contributed by atoms with E-state index in [2.05, 4.69) is 0 Å². The maximum Gasteiger partial charge on any atom is 0.130 e. The van der Waals surface area contributed by atoms with Crippen molar-refractivity contribution in [3.8, 4) is 0 Å². The summed E-state index contributed by atoms with van der Waals surface area (Å²) in [4.78, 5) is 0. The van der Waals surface area contributed by atoms with Gasteiger partial charge in [0.15, 0.2) is 0 Å². The molecule has 5 heteroatoms. The molecular weight excluding hydrogens is 221 g/mol. The molecule has 0 fully saturated rings. The molecule has 3 N–H and O–H groups in total. The van der Waals surface area contributed by atoms with E-state index in [1.165, 1.54) is 19.2 Å². The Labute approximate surface area is 92.6 Å². The molecule has 3 nitrogen and oxygen atoms in total. The molecule has 0 aromatic heterocycles. The van der Waals surface area contributed by atoms with Crippen molar-refractivity contribution >= 4 is 11.6 Å². The predicted molar refractivity (Wildman–Crippen MR) is 56.1 cm³/mol. The van der Waals surface area contributed by atoms with Crippen molar-refractivity contribution in [1.29, 1.82) is 0 Å². The van der Waals surface area contributed by atoms with Gasteiger partial charge in [-0.15, -0.1) is 0 Å². The summed E-state index contributed by atoms with van der Waals surface area (Å²) in [5.41, 5.74) is 5.92. The average molecular weight is 234 g/mol. The molecule has 0 aliphatic carbocycles. The van der Waals surface area contributed by atoms with Crippen LogP contribution in [0.1, 0.15) is 17.2 Å². The number of rotatable bonds is 4. The minimum Gasteiger partial charge on any atom is -0.387 e. The topological polar surface area (TPSA) is 55.5 Å². The minimum absolute atomic E-state index is 0.0272. The molecule has 0 saturated heterocycles. The summed E-state index contributed by atoms with van der Waals surface area (Å²) >= 11 is 5.84. The Bertz CT molecular complexity index is 323. The van der Waals surface area contributed by atoms with Gasteiger partial charge in [-0.1, -0.05) is 11.6 Å². The fourth-order valence-corrected chi connectivity index (χ4v) is 1.50. The Kier molecular flexibility index (Phi) is 4.47. The van der Waals surface area contributed by atoms with Crippen LogP contribution in [0.15, 0.2) is 12.1 Å². The summed E-state index contributed by atoms with van der Waals surface area (Å²) in [5, 5.41) is 9.65. The van der Waals surface area contributed by atoms with E-state index >= 15 is 0 Å². The van der Waals surface area contributed by atoms with Crippen LogP contribution in [0.4, 0.5) is 4.39 Å². The van der Waals surface area contributed by atoms with E-state index in [9.17, 15) is 9.50 Å². The van der Waals surface area contributed by atoms with Gasteiger partial charge in [-0.3, -0.25) is 0 Å². The normalized spacial score (nSPS) is 12.9. The second kappa shape index (κ2) is 5.42. The molecule has 0 heterocycles. The second-order valence-electron chi connectivity index (χ2n) is 3.15. The van der Waals surface area contributed by atoms with E-state index in [-0.39, 0.29) is 23.7 Å². The van der Waals surface area contributed by atoms with Gasteiger partial charge in [0, 0.05) is 24.2 Å². The van der Waals surface area contributed by atoms with Gasteiger partial charge in [0.1, 0.15) is 5.82 Å². The van der Waals surface area contributed by atoms with E-state index in [1.807, 2.05) is 0 Å². The van der Waals surface area contributed by atoms with E-state index in [4.69, 9.17) is 22.1 Å². The van der Waals surface area contributed by atoms with Gasteiger partial charge in [-0.2, -0.15) is 0 Å². The van der Waals surface area contributed by atoms with Crippen LogP contribution in [-0.4, -0.2) is 18.8 Å². The molecular formula is C10H13ClFNO2. The number of methoxy groups -OCH3 is 1. The molecule has 0 radical (unpaired) electrons. The highest BCUT2D eigenvalue weighted by molar-refractivity contribution is 6.31. The maximum atomic E-state index is 13.5. The van der Waals surface area contributed by atoms with Crippen molar-refractivity contribution in [3.05, 3.63) is 34.1 Å². The Morgan fingerprint density at radius 2 is 2.27 bits per heavy atom. The fourth-order valence-electron chi connectivity index (χ4n) is 1.23. The van der Waals surface area contributed by atoms with Crippen molar-refractivity contribution < 1.29 is 14.2 Å². The third-order valence-corrected chi connectivity index (χ3v) is 2.40. The fraction of sp³-hybridized carbons (Fsp3) is 0.400. The van der Waals surface area contributed by atoms with Crippen LogP contribution in [0.2, 0.25) is 5.02 Å². The summed E-state index contributed by atoms with van der Waals surface area (Å²) in [5.74, 6) is -0.494. The molecule has 0 amide bonds. The molecule has 1 aromatic carbocycles. The van der Waals surface area contributed by atoms with Crippen molar-refractivity contribution in [1.82, 2.24) is 0 Å². The standard InChI is InChI=1S/C10H13ClFNO2/c1-15-5-7-8(11)2-6(3-9(7)12)10(14)4-13/h2-3,10,14H,4-5,13H2,1H3. The maximum absolute atomic E-state index is 13.5. The van der Waals surface area contributed by atoms with Crippen molar-refractivity contribution in [3.63, 3.8) is 0 Å². The van der Waals surface area contributed by atoms with Gasteiger partial charge in [0.2, 0.25) is 0 Å². The number of nitrogens with two attached hydrogens (primary N) is 1. The van der Waals surface area contributed by atoms with Crippen LogP contribution in [0, 0.1) is 5.82 Å². The van der Waals surface area contributed by atoms with Crippen LogP contribution >= 0.6 is 11.6 Å². The first-order valence-corrected chi connectivity index (χ1v) is 4.82. The highest BCUT2D eigenvalue weighted by Crippen LogP contribution is 2.25. The lowest BCUT2D eigenvalue weighted by Gasteiger charge is -2.11. The van der Waals surface area contributed by atoms with Crippen molar-refractivity contribution in [2.75, 3.05) is 13.7 Å². The van der Waals surface area contributed by atoms with Crippen LogP contribution in [0.5, 0.6) is 0 Å². The molecule has 1 atom stereocenters. The van der Waals surface area contributed by atoms with Gasteiger partial charge >= 0.3 is 0 Å². The van der Waals surface area contributed by atoms with E-state index in [1.54, 1.807) is 0 Å². The largest absolute Gasteiger partial charge is 0.387 e. The van der Waals surface area contributed by atoms with Gasteiger partial charge in [-0.05, 0) is 17.7 Å². The van der Waals surface area contributed by atoms with Gasteiger partial charge in [0.05, 0.1) is 12.7 Å². The van der Waals surface area contributed by atoms with Crippen LogP contribution in [0.3, 0.4) is 0 Å². The molecule has 0 spiro atoms. The molecule has 0 aliphatic rings.